The van der Waals surface area contributed by atoms with Gasteiger partial charge in [0.15, 0.2) is 6.61 Å². The zero-order valence-electron chi connectivity index (χ0n) is 14.9. The Bertz CT molecular complexity index is 700. The first kappa shape index (κ1) is 19.3. The van der Waals surface area contributed by atoms with Crippen molar-refractivity contribution < 1.29 is 23.8 Å². The van der Waals surface area contributed by atoms with Crippen LogP contribution in [-0.2, 0) is 14.3 Å². The first-order chi connectivity index (χ1) is 12.6. The maximum Gasteiger partial charge on any atom is 0.309 e. The predicted octanol–water partition coefficient (Wildman–Crippen LogP) is 2.88. The summed E-state index contributed by atoms with van der Waals surface area (Å²) >= 11 is 0. The van der Waals surface area contributed by atoms with Gasteiger partial charge in [-0.3, -0.25) is 9.59 Å². The van der Waals surface area contributed by atoms with Crippen LogP contribution in [0, 0.1) is 0 Å². The fourth-order valence-electron chi connectivity index (χ4n) is 2.25. The van der Waals surface area contributed by atoms with Gasteiger partial charge in [-0.05, 0) is 36.8 Å². The van der Waals surface area contributed by atoms with Crippen molar-refractivity contribution in [3.8, 4) is 11.5 Å². The van der Waals surface area contributed by atoms with Gasteiger partial charge in [-0.25, -0.2) is 0 Å². The molecule has 1 unspecified atom stereocenters. The molecule has 1 amide bonds. The first-order valence-electron chi connectivity index (χ1n) is 8.35. The van der Waals surface area contributed by atoms with E-state index >= 15 is 0 Å². The van der Waals surface area contributed by atoms with Crippen molar-refractivity contribution in [1.82, 2.24) is 5.32 Å². The zero-order valence-corrected chi connectivity index (χ0v) is 14.9. The highest BCUT2D eigenvalue weighted by atomic mass is 16.5. The lowest BCUT2D eigenvalue weighted by molar-refractivity contribution is -0.149. The number of ether oxygens (including phenoxy) is 3. The molecule has 0 aliphatic carbocycles. The number of benzene rings is 2. The van der Waals surface area contributed by atoms with Crippen molar-refractivity contribution in [3.63, 3.8) is 0 Å². The smallest absolute Gasteiger partial charge is 0.309 e. The van der Waals surface area contributed by atoms with Crippen molar-refractivity contribution in [2.75, 3.05) is 20.3 Å². The number of esters is 1. The van der Waals surface area contributed by atoms with E-state index in [2.05, 4.69) is 5.32 Å². The Hall–Kier alpha value is -3.02. The second kappa shape index (κ2) is 10.1. The number of hydrogen-bond donors (Lipinski definition) is 1. The van der Waals surface area contributed by atoms with E-state index in [-0.39, 0.29) is 31.6 Å². The highest BCUT2D eigenvalue weighted by Gasteiger charge is 2.11. The van der Waals surface area contributed by atoms with Crippen molar-refractivity contribution in [3.05, 3.63) is 60.2 Å². The molecule has 1 atom stereocenters. The van der Waals surface area contributed by atoms with E-state index in [0.717, 1.165) is 11.3 Å². The normalized spacial score (nSPS) is 11.3. The summed E-state index contributed by atoms with van der Waals surface area (Å²) in [6, 6.07) is 16.5. The van der Waals surface area contributed by atoms with Crippen LogP contribution >= 0.6 is 0 Å². The minimum atomic E-state index is -0.485. The van der Waals surface area contributed by atoms with Crippen molar-refractivity contribution in [2.24, 2.45) is 0 Å². The largest absolute Gasteiger partial charge is 0.497 e. The molecule has 0 spiro atoms. The van der Waals surface area contributed by atoms with Gasteiger partial charge in [-0.15, -0.1) is 0 Å². The molecule has 1 N–H and O–H groups in total. The third-order valence-electron chi connectivity index (χ3n) is 3.68. The van der Waals surface area contributed by atoms with Gasteiger partial charge in [0.2, 0.25) is 0 Å². The van der Waals surface area contributed by atoms with Crippen LogP contribution in [0.25, 0.3) is 0 Å². The molecule has 26 heavy (non-hydrogen) atoms. The third-order valence-corrected chi connectivity index (χ3v) is 3.68. The number of carbonyl (C=O) groups is 2. The average molecular weight is 357 g/mol. The van der Waals surface area contributed by atoms with Crippen LogP contribution in [0.15, 0.2) is 54.6 Å². The van der Waals surface area contributed by atoms with Gasteiger partial charge in [0.25, 0.3) is 5.91 Å². The minimum Gasteiger partial charge on any atom is -0.497 e. The molecule has 2 aromatic rings. The molecule has 0 saturated heterocycles. The third kappa shape index (κ3) is 6.47. The minimum absolute atomic E-state index is 0.0630. The van der Waals surface area contributed by atoms with Crippen LogP contribution in [-0.4, -0.2) is 32.2 Å². The lowest BCUT2D eigenvalue weighted by Crippen LogP contribution is -2.31. The summed E-state index contributed by atoms with van der Waals surface area (Å²) in [5, 5.41) is 2.79. The molecule has 0 aliphatic rings. The summed E-state index contributed by atoms with van der Waals surface area (Å²) < 4.78 is 15.5. The zero-order chi connectivity index (χ0) is 18.8. The summed E-state index contributed by atoms with van der Waals surface area (Å²) in [5.41, 5.74) is 0.986. The van der Waals surface area contributed by atoms with Crippen molar-refractivity contribution in [1.29, 1.82) is 0 Å². The van der Waals surface area contributed by atoms with Gasteiger partial charge in [0.05, 0.1) is 26.2 Å². The molecule has 6 heteroatoms. The van der Waals surface area contributed by atoms with Gasteiger partial charge in [-0.2, -0.15) is 0 Å². The lowest BCUT2D eigenvalue weighted by Gasteiger charge is -2.14. The van der Waals surface area contributed by atoms with Crippen LogP contribution < -0.4 is 14.8 Å². The van der Waals surface area contributed by atoms with Gasteiger partial charge < -0.3 is 19.5 Å². The Balaban J connectivity index is 1.63. The number of methoxy groups -OCH3 is 1. The monoisotopic (exact) mass is 357 g/mol. The summed E-state index contributed by atoms with van der Waals surface area (Å²) in [4.78, 5) is 23.5. The summed E-state index contributed by atoms with van der Waals surface area (Å²) in [6.07, 6.45) is 0.0630. The van der Waals surface area contributed by atoms with Crippen molar-refractivity contribution in [2.45, 2.75) is 19.4 Å². The molecule has 0 saturated carbocycles. The topological polar surface area (TPSA) is 73.9 Å². The fraction of sp³-hybridized carbons (Fsp3) is 0.300. The van der Waals surface area contributed by atoms with Crippen LogP contribution in [0.4, 0.5) is 0 Å². The molecule has 0 fully saturated rings. The van der Waals surface area contributed by atoms with Crippen molar-refractivity contribution >= 4 is 11.9 Å². The second-order valence-electron chi connectivity index (χ2n) is 5.63. The van der Waals surface area contributed by atoms with Gasteiger partial charge in [0, 0.05) is 0 Å². The molecule has 0 heterocycles. The Kier molecular flexibility index (Phi) is 7.49. The van der Waals surface area contributed by atoms with Crippen LogP contribution in [0.3, 0.4) is 0 Å². The Morgan fingerprint density at radius 3 is 2.31 bits per heavy atom. The standard InChI is InChI=1S/C20H23NO5/c1-15(16-6-4-3-5-7-16)21-19(22)14-26-20(23)12-13-25-18-10-8-17(24-2)9-11-18/h3-11,15H,12-14H2,1-2H3,(H,21,22). The molecule has 0 aromatic heterocycles. The van der Waals surface area contributed by atoms with Crippen LogP contribution in [0.5, 0.6) is 11.5 Å². The molecule has 138 valence electrons. The number of nitrogens with one attached hydrogen (secondary N) is 1. The molecule has 0 aliphatic heterocycles. The van der Waals surface area contributed by atoms with Gasteiger partial charge in [0.1, 0.15) is 11.5 Å². The van der Waals surface area contributed by atoms with E-state index < -0.39 is 5.97 Å². The Labute approximate surface area is 153 Å². The first-order valence-corrected chi connectivity index (χ1v) is 8.35. The number of rotatable bonds is 9. The molecule has 0 radical (unpaired) electrons. The molecule has 6 nitrogen and oxygen atoms in total. The maximum atomic E-state index is 11.9. The van der Waals surface area contributed by atoms with Gasteiger partial charge in [-0.1, -0.05) is 30.3 Å². The Morgan fingerprint density at radius 1 is 1.00 bits per heavy atom. The predicted molar refractivity (Wildman–Crippen MR) is 97.1 cm³/mol. The molecular weight excluding hydrogens is 334 g/mol. The molecule has 0 bridgehead atoms. The highest BCUT2D eigenvalue weighted by Crippen LogP contribution is 2.17. The quantitative estimate of drug-likeness (QED) is 0.699. The van der Waals surface area contributed by atoms with Crippen LogP contribution in [0.1, 0.15) is 24.9 Å². The van der Waals surface area contributed by atoms with E-state index in [1.807, 2.05) is 37.3 Å². The Morgan fingerprint density at radius 2 is 1.65 bits per heavy atom. The number of amides is 1. The number of carbonyl (C=O) groups excluding carboxylic acids is 2. The van der Waals surface area contributed by atoms with Crippen LogP contribution in [0.2, 0.25) is 0 Å². The van der Waals surface area contributed by atoms with E-state index in [1.54, 1.807) is 31.4 Å². The molecule has 2 aromatic carbocycles. The second-order valence-corrected chi connectivity index (χ2v) is 5.63. The van der Waals surface area contributed by atoms with E-state index in [4.69, 9.17) is 14.2 Å². The van der Waals surface area contributed by atoms with E-state index in [0.29, 0.717) is 5.75 Å². The fourth-order valence-corrected chi connectivity index (χ4v) is 2.25. The summed E-state index contributed by atoms with van der Waals surface area (Å²) in [7, 11) is 1.59. The highest BCUT2D eigenvalue weighted by molar-refractivity contribution is 5.80. The molecule has 2 rings (SSSR count). The summed E-state index contributed by atoms with van der Waals surface area (Å²) in [5.74, 6) is 0.535. The van der Waals surface area contributed by atoms with E-state index in [9.17, 15) is 9.59 Å². The average Bonchev–Trinajstić information content (AvgIpc) is 2.67. The van der Waals surface area contributed by atoms with E-state index in [1.165, 1.54) is 0 Å². The van der Waals surface area contributed by atoms with Gasteiger partial charge >= 0.3 is 5.97 Å². The SMILES string of the molecule is COc1ccc(OCCC(=O)OCC(=O)NC(C)c2ccccc2)cc1. The maximum absolute atomic E-state index is 11.9. The summed E-state index contributed by atoms with van der Waals surface area (Å²) in [6.45, 7) is 1.74. The number of hydrogen-bond acceptors (Lipinski definition) is 5. The molecular formula is C20H23NO5. The lowest BCUT2D eigenvalue weighted by atomic mass is 10.1.